The van der Waals surface area contributed by atoms with Crippen LogP contribution >= 0.6 is 0 Å². The lowest BCUT2D eigenvalue weighted by Gasteiger charge is -2.33. The molecule has 1 aliphatic carbocycles. The summed E-state index contributed by atoms with van der Waals surface area (Å²) >= 11 is 0. The van der Waals surface area contributed by atoms with Crippen LogP contribution in [0.2, 0.25) is 0 Å². The molecule has 1 fully saturated rings. The van der Waals surface area contributed by atoms with Crippen molar-refractivity contribution >= 4 is 17.9 Å². The first kappa shape index (κ1) is 26.6. The second-order valence-corrected chi connectivity index (χ2v) is 9.87. The molecular weight excluding hydrogens is 422 g/mol. The maximum atomic E-state index is 13.5. The van der Waals surface area contributed by atoms with E-state index in [9.17, 15) is 19.5 Å². The molecule has 33 heavy (non-hydrogen) atoms. The fraction of sp³-hybridized carbons (Fsp3) is 0.640. The van der Waals surface area contributed by atoms with Gasteiger partial charge in [-0.1, -0.05) is 37.5 Å². The first-order chi connectivity index (χ1) is 15.4. The number of aryl methyl sites for hydroxylation is 1. The summed E-state index contributed by atoms with van der Waals surface area (Å²) in [7, 11) is 1.52. The van der Waals surface area contributed by atoms with Crippen molar-refractivity contribution in [3.05, 3.63) is 34.9 Å². The molecule has 1 saturated carbocycles. The minimum absolute atomic E-state index is 0.0795. The minimum atomic E-state index is -1.24. The molecule has 184 valence electrons. The number of aliphatic hydroxyl groups excluding tert-OH is 1. The van der Waals surface area contributed by atoms with E-state index in [0.29, 0.717) is 5.56 Å². The molecule has 0 bridgehead atoms. The van der Waals surface area contributed by atoms with Gasteiger partial charge in [-0.2, -0.15) is 0 Å². The third-order valence-corrected chi connectivity index (χ3v) is 6.05. The summed E-state index contributed by atoms with van der Waals surface area (Å²) in [5.74, 6) is -0.839. The molecule has 1 aromatic carbocycles. The number of carbonyl (C=O) groups is 3. The average Bonchev–Trinajstić information content (AvgIpc) is 2.74. The zero-order valence-electron chi connectivity index (χ0n) is 20.7. The van der Waals surface area contributed by atoms with Gasteiger partial charge >= 0.3 is 6.09 Å². The van der Waals surface area contributed by atoms with Gasteiger partial charge in [0, 0.05) is 13.1 Å². The Morgan fingerprint density at radius 1 is 1.15 bits per heavy atom. The van der Waals surface area contributed by atoms with Gasteiger partial charge in [-0.15, -0.1) is 0 Å². The summed E-state index contributed by atoms with van der Waals surface area (Å²) in [6.45, 7) is 8.39. The lowest BCUT2D eigenvalue weighted by molar-refractivity contribution is -0.141. The molecule has 0 heterocycles. The molecule has 0 aliphatic heterocycles. The van der Waals surface area contributed by atoms with Crippen LogP contribution in [0.5, 0.6) is 0 Å². The van der Waals surface area contributed by atoms with E-state index in [1.165, 1.54) is 18.4 Å². The minimum Gasteiger partial charge on any atom is -0.444 e. The predicted octanol–water partition coefficient (Wildman–Crippen LogP) is 3.14. The predicted molar refractivity (Wildman–Crippen MR) is 127 cm³/mol. The van der Waals surface area contributed by atoms with E-state index in [0.717, 1.165) is 36.8 Å². The van der Waals surface area contributed by atoms with Crippen molar-refractivity contribution in [2.45, 2.75) is 90.4 Å². The van der Waals surface area contributed by atoms with Gasteiger partial charge in [-0.25, -0.2) is 4.79 Å². The summed E-state index contributed by atoms with van der Waals surface area (Å²) in [6, 6.07) is 3.60. The zero-order valence-corrected chi connectivity index (χ0v) is 20.7. The Morgan fingerprint density at radius 2 is 1.79 bits per heavy atom. The third kappa shape index (κ3) is 7.45. The molecule has 2 unspecified atom stereocenters. The Morgan fingerprint density at radius 3 is 2.36 bits per heavy atom. The average molecular weight is 462 g/mol. The second-order valence-electron chi connectivity index (χ2n) is 9.87. The van der Waals surface area contributed by atoms with Gasteiger partial charge in [-0.05, 0) is 64.2 Å². The molecule has 8 nitrogen and oxygen atoms in total. The lowest BCUT2D eigenvalue weighted by Crippen LogP contribution is -2.54. The normalized spacial score (nSPS) is 16.5. The zero-order chi connectivity index (χ0) is 24.8. The summed E-state index contributed by atoms with van der Waals surface area (Å²) in [4.78, 5) is 40.3. The highest BCUT2D eigenvalue weighted by Crippen LogP contribution is 2.27. The molecule has 8 heteroatoms. The Bertz CT molecular complexity index is 843. The Balaban J connectivity index is 2.30. The van der Waals surface area contributed by atoms with Crippen molar-refractivity contribution in [3.63, 3.8) is 0 Å². The molecule has 1 aromatic rings. The quantitative estimate of drug-likeness (QED) is 0.578. The molecule has 0 spiro atoms. The number of benzene rings is 1. The van der Waals surface area contributed by atoms with Crippen molar-refractivity contribution in [2.75, 3.05) is 13.7 Å². The van der Waals surface area contributed by atoms with Crippen molar-refractivity contribution in [3.8, 4) is 0 Å². The molecule has 2 rings (SSSR count). The highest BCUT2D eigenvalue weighted by Gasteiger charge is 2.35. The van der Waals surface area contributed by atoms with E-state index in [-0.39, 0.29) is 11.9 Å². The van der Waals surface area contributed by atoms with Gasteiger partial charge in [-0.3, -0.25) is 9.59 Å². The number of hydrogen-bond donors (Lipinski definition) is 3. The fourth-order valence-corrected chi connectivity index (χ4v) is 4.13. The lowest BCUT2D eigenvalue weighted by atomic mass is 9.93. The summed E-state index contributed by atoms with van der Waals surface area (Å²) < 4.78 is 5.22. The summed E-state index contributed by atoms with van der Waals surface area (Å²) in [5.41, 5.74) is 1.89. The van der Waals surface area contributed by atoms with Crippen LogP contribution in [0, 0.1) is 13.8 Å². The van der Waals surface area contributed by atoms with Crippen LogP contribution in [0.25, 0.3) is 0 Å². The van der Waals surface area contributed by atoms with Gasteiger partial charge in [0.05, 0.1) is 6.61 Å². The van der Waals surface area contributed by atoms with Crippen molar-refractivity contribution < 1.29 is 24.2 Å². The van der Waals surface area contributed by atoms with Crippen molar-refractivity contribution in [1.29, 1.82) is 0 Å². The van der Waals surface area contributed by atoms with E-state index in [1.807, 2.05) is 32.0 Å². The van der Waals surface area contributed by atoms with Crippen LogP contribution in [0.4, 0.5) is 4.79 Å². The first-order valence-electron chi connectivity index (χ1n) is 11.7. The highest BCUT2D eigenvalue weighted by atomic mass is 16.6. The van der Waals surface area contributed by atoms with Crippen LogP contribution in [-0.2, 0) is 14.3 Å². The van der Waals surface area contributed by atoms with Crippen molar-refractivity contribution in [1.82, 2.24) is 15.5 Å². The molecule has 0 aromatic heterocycles. The SMILES string of the molecule is Cc1cccc(C(C(=O)NC2CCCCC2)N(C)C(=O)C(CO)NC(=O)OC(C)(C)C)c1C. The number of nitrogens with zero attached hydrogens (tertiary/aromatic N) is 1. The number of hydrogen-bond acceptors (Lipinski definition) is 5. The smallest absolute Gasteiger partial charge is 0.408 e. The van der Waals surface area contributed by atoms with E-state index >= 15 is 0 Å². The summed E-state index contributed by atoms with van der Waals surface area (Å²) in [6.07, 6.45) is 4.34. The van der Waals surface area contributed by atoms with Crippen LogP contribution in [0.15, 0.2) is 18.2 Å². The van der Waals surface area contributed by atoms with Crippen LogP contribution < -0.4 is 10.6 Å². The van der Waals surface area contributed by atoms with Gasteiger partial charge in [0.25, 0.3) is 0 Å². The molecular formula is C25H39N3O5. The number of amides is 3. The van der Waals surface area contributed by atoms with Crippen LogP contribution in [0.1, 0.15) is 75.6 Å². The number of aliphatic hydroxyl groups is 1. The van der Waals surface area contributed by atoms with Gasteiger partial charge in [0.2, 0.25) is 11.8 Å². The van der Waals surface area contributed by atoms with Gasteiger partial charge < -0.3 is 25.4 Å². The molecule has 0 saturated heterocycles. The molecule has 0 radical (unpaired) electrons. The van der Waals surface area contributed by atoms with E-state index in [2.05, 4.69) is 10.6 Å². The number of rotatable bonds is 7. The number of alkyl carbamates (subject to hydrolysis) is 1. The third-order valence-electron chi connectivity index (χ3n) is 6.05. The largest absolute Gasteiger partial charge is 0.444 e. The standard InChI is InChI=1S/C25H39N3O5/c1-16-11-10-14-19(17(16)2)21(22(30)26-18-12-8-7-9-13-18)28(6)23(31)20(15-29)27-24(32)33-25(3,4)5/h10-11,14,18,20-21,29H,7-9,12-13,15H2,1-6H3,(H,26,30)(H,27,32). The topological polar surface area (TPSA) is 108 Å². The van der Waals surface area contributed by atoms with Crippen LogP contribution in [0.3, 0.4) is 0 Å². The monoisotopic (exact) mass is 461 g/mol. The van der Waals surface area contributed by atoms with E-state index < -0.39 is 36.3 Å². The molecule has 3 N–H and O–H groups in total. The molecule has 1 aliphatic rings. The Hall–Kier alpha value is -2.61. The number of ether oxygens (including phenoxy) is 1. The summed E-state index contributed by atoms with van der Waals surface area (Å²) in [5, 5.41) is 15.4. The maximum Gasteiger partial charge on any atom is 0.408 e. The van der Waals surface area contributed by atoms with Crippen molar-refractivity contribution in [2.24, 2.45) is 0 Å². The van der Waals surface area contributed by atoms with Crippen LogP contribution in [-0.4, -0.2) is 59.3 Å². The Labute approximate surface area is 197 Å². The van der Waals surface area contributed by atoms with Gasteiger partial charge in [0.1, 0.15) is 17.7 Å². The number of carbonyl (C=O) groups excluding carboxylic acids is 3. The molecule has 2 atom stereocenters. The highest BCUT2D eigenvalue weighted by molar-refractivity contribution is 5.92. The number of nitrogens with one attached hydrogen (secondary N) is 2. The Kier molecular flexibility index (Phi) is 9.28. The van der Waals surface area contributed by atoms with E-state index in [1.54, 1.807) is 20.8 Å². The van der Waals surface area contributed by atoms with E-state index in [4.69, 9.17) is 4.74 Å². The first-order valence-corrected chi connectivity index (χ1v) is 11.7. The maximum absolute atomic E-state index is 13.5. The fourth-order valence-electron chi connectivity index (χ4n) is 4.13. The molecule has 3 amide bonds. The second kappa shape index (κ2) is 11.5. The van der Waals surface area contributed by atoms with Gasteiger partial charge in [0.15, 0.2) is 0 Å². The number of likely N-dealkylation sites (N-methyl/N-ethyl adjacent to an activating group) is 1.